The molecule has 0 heterocycles. The first-order chi connectivity index (χ1) is 8.23. The summed E-state index contributed by atoms with van der Waals surface area (Å²) in [5.74, 6) is -1.66. The standard InChI is InChI=1S/C9H14N2O6S/c1-3-8(12)11-5-17-9(13)6(2)7(4-10)18(14,15)16/h3,7H,1-2,4-5,10H2,(H,11,12)(H,14,15,16). The van der Waals surface area contributed by atoms with Gasteiger partial charge in [0.15, 0.2) is 6.73 Å². The van der Waals surface area contributed by atoms with Crippen molar-refractivity contribution in [1.82, 2.24) is 5.32 Å². The summed E-state index contributed by atoms with van der Waals surface area (Å²) >= 11 is 0. The first-order valence-corrected chi connectivity index (χ1v) is 6.17. The molecule has 0 aliphatic rings. The van der Waals surface area contributed by atoms with E-state index in [-0.39, 0.29) is 0 Å². The van der Waals surface area contributed by atoms with E-state index in [2.05, 4.69) is 23.2 Å². The third kappa shape index (κ3) is 5.08. The Morgan fingerprint density at radius 2 is 2.06 bits per heavy atom. The summed E-state index contributed by atoms with van der Waals surface area (Å²) in [6.07, 6.45) is 0.962. The molecule has 1 amide bonds. The molecule has 0 aromatic heterocycles. The quantitative estimate of drug-likeness (QED) is 0.224. The van der Waals surface area contributed by atoms with Crippen LogP contribution < -0.4 is 11.1 Å². The zero-order valence-electron chi connectivity index (χ0n) is 9.46. The van der Waals surface area contributed by atoms with E-state index in [0.717, 1.165) is 6.08 Å². The van der Waals surface area contributed by atoms with Crippen molar-refractivity contribution < 1.29 is 27.3 Å². The summed E-state index contributed by atoms with van der Waals surface area (Å²) in [4.78, 5) is 22.0. The molecule has 0 aliphatic heterocycles. The Morgan fingerprint density at radius 3 is 2.44 bits per heavy atom. The van der Waals surface area contributed by atoms with Gasteiger partial charge >= 0.3 is 5.97 Å². The van der Waals surface area contributed by atoms with Gasteiger partial charge in [0.25, 0.3) is 10.1 Å². The van der Waals surface area contributed by atoms with Crippen molar-refractivity contribution in [2.75, 3.05) is 13.3 Å². The zero-order valence-corrected chi connectivity index (χ0v) is 10.3. The highest BCUT2D eigenvalue weighted by Crippen LogP contribution is 2.09. The maximum Gasteiger partial charge on any atom is 0.336 e. The largest absolute Gasteiger partial charge is 0.441 e. The Balaban J connectivity index is 4.47. The molecule has 0 rings (SSSR count). The maximum absolute atomic E-state index is 11.3. The van der Waals surface area contributed by atoms with Crippen LogP contribution in [0.2, 0.25) is 0 Å². The number of nitrogens with one attached hydrogen (secondary N) is 1. The summed E-state index contributed by atoms with van der Waals surface area (Å²) in [6, 6.07) is 0. The predicted octanol–water partition coefficient (Wildman–Crippen LogP) is -1.44. The highest BCUT2D eigenvalue weighted by molar-refractivity contribution is 7.86. The third-order valence-corrected chi connectivity index (χ3v) is 3.06. The SMILES string of the molecule is C=CC(=O)NCOC(=O)C(=C)C(CN)S(=O)(=O)O. The Kier molecular flexibility index (Phi) is 6.23. The first kappa shape index (κ1) is 16.3. The summed E-state index contributed by atoms with van der Waals surface area (Å²) < 4.78 is 35.0. The maximum atomic E-state index is 11.3. The van der Waals surface area contributed by atoms with Gasteiger partial charge in [0.05, 0.1) is 5.57 Å². The van der Waals surface area contributed by atoms with Crippen LogP contribution >= 0.6 is 0 Å². The van der Waals surface area contributed by atoms with Gasteiger partial charge in [-0.2, -0.15) is 8.42 Å². The zero-order chi connectivity index (χ0) is 14.3. The lowest BCUT2D eigenvalue weighted by atomic mass is 10.2. The van der Waals surface area contributed by atoms with Gasteiger partial charge < -0.3 is 15.8 Å². The average molecular weight is 278 g/mol. The first-order valence-electron chi connectivity index (χ1n) is 4.66. The second-order valence-electron chi connectivity index (χ2n) is 3.09. The molecule has 0 fully saturated rings. The summed E-state index contributed by atoms with van der Waals surface area (Å²) in [5.41, 5.74) is 4.58. The molecule has 4 N–H and O–H groups in total. The fourth-order valence-corrected chi connectivity index (χ4v) is 1.61. The Morgan fingerprint density at radius 1 is 1.50 bits per heavy atom. The van der Waals surface area contributed by atoms with Gasteiger partial charge in [-0.1, -0.05) is 13.2 Å². The van der Waals surface area contributed by atoms with E-state index < -0.39 is 46.1 Å². The van der Waals surface area contributed by atoms with Gasteiger partial charge in [0.1, 0.15) is 5.25 Å². The highest BCUT2D eigenvalue weighted by atomic mass is 32.2. The molecule has 0 aliphatic carbocycles. The molecule has 0 spiro atoms. The average Bonchev–Trinajstić information content (AvgIpc) is 2.27. The van der Waals surface area contributed by atoms with E-state index in [9.17, 15) is 18.0 Å². The molecule has 18 heavy (non-hydrogen) atoms. The van der Waals surface area contributed by atoms with Crippen LogP contribution in [0.3, 0.4) is 0 Å². The number of hydrogen-bond acceptors (Lipinski definition) is 6. The Hall–Kier alpha value is -1.71. The van der Waals surface area contributed by atoms with Gasteiger partial charge in [-0.15, -0.1) is 0 Å². The Labute approximate surface area is 104 Å². The van der Waals surface area contributed by atoms with Crippen molar-refractivity contribution in [3.8, 4) is 0 Å². The lowest BCUT2D eigenvalue weighted by Crippen LogP contribution is -2.35. The van der Waals surface area contributed by atoms with Crippen molar-refractivity contribution in [2.45, 2.75) is 5.25 Å². The third-order valence-electron chi connectivity index (χ3n) is 1.86. The highest BCUT2D eigenvalue weighted by Gasteiger charge is 2.29. The molecule has 0 saturated carbocycles. The number of esters is 1. The minimum atomic E-state index is -4.53. The van der Waals surface area contributed by atoms with Crippen LogP contribution in [-0.2, 0) is 24.4 Å². The van der Waals surface area contributed by atoms with Crippen molar-refractivity contribution in [1.29, 1.82) is 0 Å². The second-order valence-corrected chi connectivity index (χ2v) is 4.68. The Bertz CT molecular complexity index is 456. The number of nitrogens with two attached hydrogens (primary N) is 1. The lowest BCUT2D eigenvalue weighted by Gasteiger charge is -2.13. The summed E-state index contributed by atoms with van der Waals surface area (Å²) in [5, 5.41) is 0.491. The smallest absolute Gasteiger partial charge is 0.336 e. The van der Waals surface area contributed by atoms with Crippen LogP contribution in [0.15, 0.2) is 24.8 Å². The van der Waals surface area contributed by atoms with Gasteiger partial charge in [0, 0.05) is 6.54 Å². The van der Waals surface area contributed by atoms with Gasteiger partial charge in [-0.05, 0) is 6.08 Å². The van der Waals surface area contributed by atoms with Crippen molar-refractivity contribution in [3.05, 3.63) is 24.8 Å². The summed E-state index contributed by atoms with van der Waals surface area (Å²) in [6.45, 7) is 5.35. The van der Waals surface area contributed by atoms with Crippen LogP contribution in [-0.4, -0.2) is 43.4 Å². The number of carbonyl (C=O) groups excluding carboxylic acids is 2. The molecular formula is C9H14N2O6S. The van der Waals surface area contributed by atoms with Crippen LogP contribution in [0.5, 0.6) is 0 Å². The molecule has 0 bridgehead atoms. The van der Waals surface area contributed by atoms with Crippen molar-refractivity contribution in [2.24, 2.45) is 5.73 Å². The van der Waals surface area contributed by atoms with E-state index >= 15 is 0 Å². The van der Waals surface area contributed by atoms with Crippen LogP contribution in [0.1, 0.15) is 0 Å². The molecule has 8 nitrogen and oxygen atoms in total. The van der Waals surface area contributed by atoms with Gasteiger partial charge in [0.2, 0.25) is 5.91 Å². The molecule has 0 aromatic rings. The minimum Gasteiger partial charge on any atom is -0.441 e. The van der Waals surface area contributed by atoms with E-state index in [1.807, 2.05) is 0 Å². The van der Waals surface area contributed by atoms with Crippen LogP contribution in [0.25, 0.3) is 0 Å². The number of amides is 1. The number of rotatable bonds is 7. The molecule has 0 aromatic carbocycles. The van der Waals surface area contributed by atoms with Crippen LogP contribution in [0.4, 0.5) is 0 Å². The van der Waals surface area contributed by atoms with E-state index in [1.165, 1.54) is 0 Å². The van der Waals surface area contributed by atoms with Crippen molar-refractivity contribution >= 4 is 22.0 Å². The monoisotopic (exact) mass is 278 g/mol. The van der Waals surface area contributed by atoms with E-state index in [0.29, 0.717) is 0 Å². The molecule has 1 atom stereocenters. The molecule has 1 unspecified atom stereocenters. The predicted molar refractivity (Wildman–Crippen MR) is 62.8 cm³/mol. The molecular weight excluding hydrogens is 264 g/mol. The minimum absolute atomic E-state index is 0.481. The van der Waals surface area contributed by atoms with Gasteiger partial charge in [-0.25, -0.2) is 4.79 Å². The fourth-order valence-electron chi connectivity index (χ4n) is 0.913. The number of hydrogen-bond donors (Lipinski definition) is 3. The fraction of sp³-hybridized carbons (Fsp3) is 0.333. The van der Waals surface area contributed by atoms with E-state index in [1.54, 1.807) is 0 Å². The summed E-state index contributed by atoms with van der Waals surface area (Å²) in [7, 11) is -4.53. The lowest BCUT2D eigenvalue weighted by molar-refractivity contribution is -0.140. The molecule has 0 radical (unpaired) electrons. The van der Waals surface area contributed by atoms with Crippen LogP contribution in [0, 0.1) is 0 Å². The molecule has 9 heteroatoms. The second kappa shape index (κ2) is 6.89. The van der Waals surface area contributed by atoms with Gasteiger partial charge in [-0.3, -0.25) is 9.35 Å². The molecule has 102 valence electrons. The normalized spacial score (nSPS) is 12.3. The number of carbonyl (C=O) groups is 2. The molecule has 0 saturated heterocycles. The van der Waals surface area contributed by atoms with E-state index in [4.69, 9.17) is 10.3 Å². The van der Waals surface area contributed by atoms with Crippen molar-refractivity contribution in [3.63, 3.8) is 0 Å². The topological polar surface area (TPSA) is 136 Å². The number of ether oxygens (including phenoxy) is 1.